The number of carboxylic acid groups (broad SMARTS) is 1. The van der Waals surface area contributed by atoms with Gasteiger partial charge in [0.2, 0.25) is 5.91 Å². The molecule has 1 aromatic rings. The Bertz CT molecular complexity index is 487. The second-order valence-corrected chi connectivity index (χ2v) is 6.73. The van der Waals surface area contributed by atoms with Crippen LogP contribution in [-0.4, -0.2) is 23.0 Å². The van der Waals surface area contributed by atoms with Crippen molar-refractivity contribution in [2.75, 3.05) is 0 Å². The number of carbonyl (C=O) groups excluding carboxylic acids is 1. The zero-order valence-corrected chi connectivity index (χ0v) is 15.5. The first-order valence-corrected chi connectivity index (χ1v) is 9.69. The van der Waals surface area contributed by atoms with Crippen LogP contribution in [0.15, 0.2) is 30.3 Å². The first-order chi connectivity index (χ1) is 12.1. The zero-order valence-electron chi connectivity index (χ0n) is 15.5. The molecule has 0 fully saturated rings. The van der Waals surface area contributed by atoms with Crippen LogP contribution in [0.3, 0.4) is 0 Å². The smallest absolute Gasteiger partial charge is 0.326 e. The summed E-state index contributed by atoms with van der Waals surface area (Å²) in [7, 11) is 0. The van der Waals surface area contributed by atoms with E-state index in [1.54, 1.807) is 0 Å². The van der Waals surface area contributed by atoms with Crippen LogP contribution in [0.1, 0.15) is 76.7 Å². The fraction of sp³-hybridized carbons (Fsp3) is 0.619. The van der Waals surface area contributed by atoms with Crippen LogP contribution >= 0.6 is 0 Å². The molecule has 0 aliphatic rings. The van der Waals surface area contributed by atoms with Crippen molar-refractivity contribution in [3.8, 4) is 0 Å². The Hall–Kier alpha value is -1.84. The summed E-state index contributed by atoms with van der Waals surface area (Å²) in [5, 5.41) is 12.0. The van der Waals surface area contributed by atoms with Crippen LogP contribution in [0.2, 0.25) is 0 Å². The molecule has 1 atom stereocenters. The molecule has 1 rings (SSSR count). The molecule has 0 spiro atoms. The van der Waals surface area contributed by atoms with E-state index < -0.39 is 12.0 Å². The summed E-state index contributed by atoms with van der Waals surface area (Å²) >= 11 is 0. The van der Waals surface area contributed by atoms with Gasteiger partial charge in [-0.3, -0.25) is 4.79 Å². The molecule has 0 aromatic heterocycles. The van der Waals surface area contributed by atoms with Crippen molar-refractivity contribution in [3.05, 3.63) is 35.9 Å². The highest BCUT2D eigenvalue weighted by Gasteiger charge is 2.19. The number of hydrogen-bond donors (Lipinski definition) is 2. The van der Waals surface area contributed by atoms with Gasteiger partial charge in [0.25, 0.3) is 0 Å². The molecule has 0 saturated heterocycles. The van der Waals surface area contributed by atoms with Gasteiger partial charge in [0.05, 0.1) is 0 Å². The summed E-state index contributed by atoms with van der Waals surface area (Å²) in [5.41, 5.74) is 0.915. The second kappa shape index (κ2) is 13.5. The number of unbranched alkanes of at least 4 members (excludes halogenated alkanes) is 8. The lowest BCUT2D eigenvalue weighted by Gasteiger charge is -2.14. The van der Waals surface area contributed by atoms with Gasteiger partial charge >= 0.3 is 5.97 Å². The van der Waals surface area contributed by atoms with Gasteiger partial charge in [-0.1, -0.05) is 88.6 Å². The van der Waals surface area contributed by atoms with E-state index in [4.69, 9.17) is 0 Å². The Morgan fingerprint density at radius 2 is 1.48 bits per heavy atom. The fourth-order valence-corrected chi connectivity index (χ4v) is 2.91. The average Bonchev–Trinajstić information content (AvgIpc) is 2.60. The molecule has 2 N–H and O–H groups in total. The Labute approximate surface area is 152 Å². The molecule has 0 radical (unpaired) electrons. The van der Waals surface area contributed by atoms with Crippen LogP contribution in [0.25, 0.3) is 0 Å². The SMILES string of the molecule is CCCCCCCCCCCC(=O)N[C@H](Cc1ccccc1)C(=O)O. The van der Waals surface area contributed by atoms with Gasteiger partial charge in [-0.15, -0.1) is 0 Å². The van der Waals surface area contributed by atoms with Crippen molar-refractivity contribution in [3.63, 3.8) is 0 Å². The Morgan fingerprint density at radius 3 is 2.04 bits per heavy atom. The highest BCUT2D eigenvalue weighted by molar-refractivity contribution is 5.83. The summed E-state index contributed by atoms with van der Waals surface area (Å²) in [5.74, 6) is -1.14. The quantitative estimate of drug-likeness (QED) is 0.479. The van der Waals surface area contributed by atoms with Gasteiger partial charge in [0.15, 0.2) is 0 Å². The van der Waals surface area contributed by atoms with E-state index in [2.05, 4.69) is 12.2 Å². The van der Waals surface area contributed by atoms with Crippen molar-refractivity contribution in [2.24, 2.45) is 0 Å². The predicted molar refractivity (Wildman–Crippen MR) is 102 cm³/mol. The number of amides is 1. The Kier molecular flexibility index (Phi) is 11.4. The fourth-order valence-electron chi connectivity index (χ4n) is 2.91. The van der Waals surface area contributed by atoms with Gasteiger partial charge in [-0.25, -0.2) is 4.79 Å². The summed E-state index contributed by atoms with van der Waals surface area (Å²) in [6.07, 6.45) is 11.5. The molecule has 140 valence electrons. The molecule has 1 amide bonds. The predicted octanol–water partition coefficient (Wildman–Crippen LogP) is 4.72. The summed E-state index contributed by atoms with van der Waals surface area (Å²) in [6.45, 7) is 2.22. The normalized spacial score (nSPS) is 11.9. The summed E-state index contributed by atoms with van der Waals surface area (Å²) in [4.78, 5) is 23.3. The summed E-state index contributed by atoms with van der Waals surface area (Å²) in [6, 6.07) is 8.54. The lowest BCUT2D eigenvalue weighted by molar-refractivity contribution is -0.141. The van der Waals surface area contributed by atoms with E-state index in [0.29, 0.717) is 12.8 Å². The third kappa shape index (κ3) is 10.6. The molecular weight excluding hydrogens is 314 g/mol. The van der Waals surface area contributed by atoms with Gasteiger partial charge in [0, 0.05) is 12.8 Å². The first kappa shape index (κ1) is 21.2. The first-order valence-electron chi connectivity index (χ1n) is 9.69. The highest BCUT2D eigenvalue weighted by atomic mass is 16.4. The van der Waals surface area contributed by atoms with E-state index in [9.17, 15) is 14.7 Å². The van der Waals surface area contributed by atoms with Crippen molar-refractivity contribution in [2.45, 2.75) is 83.6 Å². The lowest BCUT2D eigenvalue weighted by atomic mass is 10.0. The lowest BCUT2D eigenvalue weighted by Crippen LogP contribution is -2.42. The van der Waals surface area contributed by atoms with Crippen LogP contribution in [0.4, 0.5) is 0 Å². The van der Waals surface area contributed by atoms with Crippen LogP contribution in [0, 0.1) is 0 Å². The minimum Gasteiger partial charge on any atom is -0.480 e. The molecule has 4 nitrogen and oxygen atoms in total. The van der Waals surface area contributed by atoms with E-state index in [1.807, 2.05) is 30.3 Å². The number of carboxylic acids is 1. The molecule has 0 aliphatic heterocycles. The molecule has 0 aliphatic carbocycles. The van der Waals surface area contributed by atoms with Crippen molar-refractivity contribution < 1.29 is 14.7 Å². The number of rotatable bonds is 14. The molecule has 25 heavy (non-hydrogen) atoms. The number of nitrogens with one attached hydrogen (secondary N) is 1. The Morgan fingerprint density at radius 1 is 0.920 bits per heavy atom. The van der Waals surface area contributed by atoms with E-state index in [1.165, 1.54) is 38.5 Å². The standard InChI is InChI=1S/C21H33NO3/c1-2-3-4-5-6-7-8-9-13-16-20(23)22-19(21(24)25)17-18-14-11-10-12-15-18/h10-12,14-15,19H,2-9,13,16-17H2,1H3,(H,22,23)(H,24,25)/t19-/m1/s1. The largest absolute Gasteiger partial charge is 0.480 e. The van der Waals surface area contributed by atoms with Gasteiger partial charge in [-0.05, 0) is 12.0 Å². The number of hydrogen-bond acceptors (Lipinski definition) is 2. The van der Waals surface area contributed by atoms with E-state index in [-0.39, 0.29) is 5.91 Å². The molecule has 0 heterocycles. The third-order valence-electron chi connectivity index (χ3n) is 4.42. The monoisotopic (exact) mass is 347 g/mol. The maximum Gasteiger partial charge on any atom is 0.326 e. The molecule has 1 aromatic carbocycles. The van der Waals surface area contributed by atoms with Gasteiger partial charge in [0.1, 0.15) is 6.04 Å². The van der Waals surface area contributed by atoms with Crippen molar-refractivity contribution >= 4 is 11.9 Å². The Balaban J connectivity index is 2.15. The maximum atomic E-state index is 12.0. The molecule has 0 unspecified atom stereocenters. The van der Waals surface area contributed by atoms with E-state index in [0.717, 1.165) is 24.8 Å². The van der Waals surface area contributed by atoms with E-state index >= 15 is 0 Å². The number of benzene rings is 1. The minimum absolute atomic E-state index is 0.161. The van der Waals surface area contributed by atoms with Crippen LogP contribution in [-0.2, 0) is 16.0 Å². The molecular formula is C21H33NO3. The van der Waals surface area contributed by atoms with Crippen molar-refractivity contribution in [1.29, 1.82) is 0 Å². The zero-order chi connectivity index (χ0) is 18.3. The highest BCUT2D eigenvalue weighted by Crippen LogP contribution is 2.11. The molecule has 0 bridgehead atoms. The van der Waals surface area contributed by atoms with Crippen LogP contribution in [0.5, 0.6) is 0 Å². The van der Waals surface area contributed by atoms with Crippen molar-refractivity contribution in [1.82, 2.24) is 5.32 Å². The van der Waals surface area contributed by atoms with Gasteiger partial charge < -0.3 is 10.4 Å². The van der Waals surface area contributed by atoms with Crippen LogP contribution < -0.4 is 5.32 Å². The average molecular weight is 347 g/mol. The minimum atomic E-state index is -0.982. The maximum absolute atomic E-state index is 12.0. The summed E-state index contributed by atoms with van der Waals surface area (Å²) < 4.78 is 0. The second-order valence-electron chi connectivity index (χ2n) is 6.73. The third-order valence-corrected chi connectivity index (χ3v) is 4.42. The number of carbonyl (C=O) groups is 2. The molecule has 0 saturated carbocycles. The van der Waals surface area contributed by atoms with Gasteiger partial charge in [-0.2, -0.15) is 0 Å². The number of aliphatic carboxylic acids is 1. The topological polar surface area (TPSA) is 66.4 Å². The molecule has 4 heteroatoms.